The highest BCUT2D eigenvalue weighted by Crippen LogP contribution is 2.24. The molecule has 0 saturated carbocycles. The van der Waals surface area contributed by atoms with Crippen molar-refractivity contribution in [1.82, 2.24) is 20.1 Å². The Morgan fingerprint density at radius 1 is 1.03 bits per heavy atom. The molecule has 1 aliphatic heterocycles. The highest BCUT2D eigenvalue weighted by Gasteiger charge is 2.25. The Hall–Kier alpha value is -2.27. The van der Waals surface area contributed by atoms with E-state index in [0.717, 1.165) is 56.9 Å². The Balaban J connectivity index is 1.31. The van der Waals surface area contributed by atoms with Crippen molar-refractivity contribution in [2.45, 2.75) is 25.9 Å². The topological polar surface area (TPSA) is 31.4 Å². The minimum absolute atomic E-state index is 0.502. The van der Waals surface area contributed by atoms with Crippen LogP contribution in [0.5, 0.6) is 0 Å². The van der Waals surface area contributed by atoms with Gasteiger partial charge in [0, 0.05) is 49.8 Å². The molecule has 0 bridgehead atoms. The van der Waals surface area contributed by atoms with Crippen LogP contribution in [-0.4, -0.2) is 54.6 Å². The van der Waals surface area contributed by atoms with E-state index in [-0.39, 0.29) is 0 Å². The summed E-state index contributed by atoms with van der Waals surface area (Å²) in [6.07, 6.45) is 1.16. The second-order valence-electron chi connectivity index (χ2n) is 8.19. The number of hydrogen-bond acceptors (Lipinski definition) is 4. The number of rotatable bonds is 7. The van der Waals surface area contributed by atoms with Crippen molar-refractivity contribution in [2.75, 3.05) is 39.8 Å². The lowest BCUT2D eigenvalue weighted by atomic mass is 10.0. The van der Waals surface area contributed by atoms with E-state index in [0.29, 0.717) is 6.04 Å². The Bertz CT molecular complexity index is 925. The molecule has 2 heterocycles. The van der Waals surface area contributed by atoms with Crippen LogP contribution in [0.2, 0.25) is 0 Å². The molecule has 1 unspecified atom stereocenters. The fourth-order valence-corrected chi connectivity index (χ4v) is 4.39. The van der Waals surface area contributed by atoms with Gasteiger partial charge in [0.2, 0.25) is 0 Å². The monoisotopic (exact) mass is 388 g/mol. The molecule has 152 valence electrons. The number of hydrogen-bond donors (Lipinski definition) is 1. The number of piperazine rings is 1. The lowest BCUT2D eigenvalue weighted by Gasteiger charge is -2.40. The van der Waals surface area contributed by atoms with Crippen molar-refractivity contribution in [3.8, 4) is 0 Å². The lowest BCUT2D eigenvalue weighted by Crippen LogP contribution is -2.47. The summed E-state index contributed by atoms with van der Waals surface area (Å²) >= 11 is 0. The molecule has 1 N–H and O–H groups in total. The number of nitrogens with one attached hydrogen (secondary N) is 1. The van der Waals surface area contributed by atoms with Gasteiger partial charge in [-0.05, 0) is 50.2 Å². The first-order valence-corrected chi connectivity index (χ1v) is 10.7. The minimum Gasteiger partial charge on any atom is -0.313 e. The maximum atomic E-state index is 4.65. The van der Waals surface area contributed by atoms with Crippen molar-refractivity contribution in [2.24, 2.45) is 0 Å². The Kier molecular flexibility index (Phi) is 6.55. The van der Waals surface area contributed by atoms with Crippen molar-refractivity contribution in [1.29, 1.82) is 0 Å². The summed E-state index contributed by atoms with van der Waals surface area (Å²) in [5.41, 5.74) is 4.96. The highest BCUT2D eigenvalue weighted by molar-refractivity contribution is 5.82. The van der Waals surface area contributed by atoms with Gasteiger partial charge in [0.25, 0.3) is 0 Å². The summed E-state index contributed by atoms with van der Waals surface area (Å²) in [6, 6.07) is 22.1. The summed E-state index contributed by atoms with van der Waals surface area (Å²) in [4.78, 5) is 9.75. The zero-order valence-electron chi connectivity index (χ0n) is 17.6. The fourth-order valence-electron chi connectivity index (χ4n) is 4.39. The van der Waals surface area contributed by atoms with E-state index in [2.05, 4.69) is 94.7 Å². The van der Waals surface area contributed by atoms with Gasteiger partial charge in [-0.1, -0.05) is 48.5 Å². The molecular formula is C25H32N4. The zero-order valence-corrected chi connectivity index (χ0v) is 17.6. The zero-order chi connectivity index (χ0) is 20.1. The standard InChI is InChI=1S/C25H32N4/c1-20-17-22(23-11-6-7-12-24(23)27-20)18-26-13-8-14-29-16-15-28(2)19-25(29)21-9-4-3-5-10-21/h3-7,9-12,17,25-26H,8,13-16,18-19H2,1-2H3. The largest absolute Gasteiger partial charge is 0.313 e. The van der Waals surface area contributed by atoms with E-state index >= 15 is 0 Å². The quantitative estimate of drug-likeness (QED) is 0.620. The van der Waals surface area contributed by atoms with Crippen LogP contribution in [0.1, 0.15) is 29.3 Å². The van der Waals surface area contributed by atoms with Gasteiger partial charge in [-0.3, -0.25) is 9.88 Å². The maximum absolute atomic E-state index is 4.65. The predicted molar refractivity (Wildman–Crippen MR) is 121 cm³/mol. The third-order valence-electron chi connectivity index (χ3n) is 5.92. The number of para-hydroxylation sites is 1. The number of benzene rings is 2. The number of aromatic nitrogens is 1. The molecule has 4 rings (SSSR count). The van der Waals surface area contributed by atoms with Crippen LogP contribution in [0.3, 0.4) is 0 Å². The second-order valence-corrected chi connectivity index (χ2v) is 8.19. The number of pyridine rings is 1. The third-order valence-corrected chi connectivity index (χ3v) is 5.92. The van der Waals surface area contributed by atoms with Crippen LogP contribution in [0.25, 0.3) is 10.9 Å². The van der Waals surface area contributed by atoms with Crippen LogP contribution in [0.15, 0.2) is 60.7 Å². The molecule has 4 heteroatoms. The summed E-state index contributed by atoms with van der Waals surface area (Å²) < 4.78 is 0. The van der Waals surface area contributed by atoms with Gasteiger partial charge in [0.1, 0.15) is 0 Å². The van der Waals surface area contributed by atoms with Gasteiger partial charge >= 0.3 is 0 Å². The van der Waals surface area contributed by atoms with Crippen LogP contribution in [-0.2, 0) is 6.54 Å². The van der Waals surface area contributed by atoms with E-state index in [4.69, 9.17) is 0 Å². The van der Waals surface area contributed by atoms with Crippen LogP contribution < -0.4 is 5.32 Å². The molecule has 1 saturated heterocycles. The third kappa shape index (κ3) is 5.02. The summed E-state index contributed by atoms with van der Waals surface area (Å²) in [5, 5.41) is 4.92. The van der Waals surface area contributed by atoms with Crippen molar-refractivity contribution >= 4 is 10.9 Å². The van der Waals surface area contributed by atoms with Gasteiger partial charge in [0.15, 0.2) is 0 Å². The molecule has 29 heavy (non-hydrogen) atoms. The lowest BCUT2D eigenvalue weighted by molar-refractivity contribution is 0.0888. The maximum Gasteiger partial charge on any atom is 0.0708 e. The van der Waals surface area contributed by atoms with Gasteiger partial charge < -0.3 is 10.2 Å². The number of nitrogens with zero attached hydrogens (tertiary/aromatic N) is 3. The van der Waals surface area contributed by atoms with Crippen LogP contribution in [0, 0.1) is 6.92 Å². The second kappa shape index (κ2) is 9.49. The molecule has 2 aromatic carbocycles. The van der Waals surface area contributed by atoms with Gasteiger partial charge in [-0.2, -0.15) is 0 Å². The highest BCUT2D eigenvalue weighted by atomic mass is 15.3. The minimum atomic E-state index is 0.502. The van der Waals surface area contributed by atoms with E-state index < -0.39 is 0 Å². The molecular weight excluding hydrogens is 356 g/mol. The molecule has 1 aromatic heterocycles. The molecule has 3 aromatic rings. The summed E-state index contributed by atoms with van der Waals surface area (Å²) in [5.74, 6) is 0. The van der Waals surface area contributed by atoms with Crippen molar-refractivity contribution < 1.29 is 0 Å². The molecule has 4 nitrogen and oxygen atoms in total. The fraction of sp³-hybridized carbons (Fsp3) is 0.400. The van der Waals surface area contributed by atoms with Crippen molar-refractivity contribution in [3.63, 3.8) is 0 Å². The molecule has 1 atom stereocenters. The molecule has 1 aliphatic rings. The Morgan fingerprint density at radius 3 is 2.69 bits per heavy atom. The average Bonchev–Trinajstić information content (AvgIpc) is 2.74. The van der Waals surface area contributed by atoms with Gasteiger partial charge in [0.05, 0.1) is 5.52 Å². The van der Waals surface area contributed by atoms with E-state index in [1.807, 2.05) is 0 Å². The van der Waals surface area contributed by atoms with Gasteiger partial charge in [-0.15, -0.1) is 0 Å². The summed E-state index contributed by atoms with van der Waals surface area (Å²) in [6.45, 7) is 8.55. The van der Waals surface area contributed by atoms with Gasteiger partial charge in [-0.25, -0.2) is 0 Å². The van der Waals surface area contributed by atoms with E-state index in [9.17, 15) is 0 Å². The van der Waals surface area contributed by atoms with Crippen LogP contribution >= 0.6 is 0 Å². The average molecular weight is 389 g/mol. The molecule has 1 fully saturated rings. The first-order chi connectivity index (χ1) is 14.2. The Labute approximate surface area is 174 Å². The smallest absolute Gasteiger partial charge is 0.0708 e. The Morgan fingerprint density at radius 2 is 1.83 bits per heavy atom. The van der Waals surface area contributed by atoms with E-state index in [1.54, 1.807) is 0 Å². The number of likely N-dealkylation sites (N-methyl/N-ethyl adjacent to an activating group) is 1. The SMILES string of the molecule is Cc1cc(CNCCCN2CCN(C)CC2c2ccccc2)c2ccccc2n1. The molecule has 0 amide bonds. The van der Waals surface area contributed by atoms with Crippen molar-refractivity contribution in [3.05, 3.63) is 77.5 Å². The van der Waals surface area contributed by atoms with Crippen LogP contribution in [0.4, 0.5) is 0 Å². The predicted octanol–water partition coefficient (Wildman–Crippen LogP) is 4.01. The molecule has 0 aliphatic carbocycles. The number of fused-ring (bicyclic) bond motifs is 1. The first kappa shape index (κ1) is 20.0. The molecule has 0 radical (unpaired) electrons. The first-order valence-electron chi connectivity index (χ1n) is 10.7. The normalized spacial score (nSPS) is 18.3. The summed E-state index contributed by atoms with van der Waals surface area (Å²) in [7, 11) is 2.23. The molecule has 0 spiro atoms. The van der Waals surface area contributed by atoms with E-state index in [1.165, 1.54) is 16.5 Å². The number of aryl methyl sites for hydroxylation is 1.